The smallest absolute Gasteiger partial charge is 0.227 e. The van der Waals surface area contributed by atoms with E-state index >= 15 is 0 Å². The summed E-state index contributed by atoms with van der Waals surface area (Å²) in [5.74, 6) is 0.644. The number of nitrogens with zero attached hydrogens (tertiary/aromatic N) is 1. The van der Waals surface area contributed by atoms with Crippen molar-refractivity contribution < 1.29 is 4.79 Å². The maximum atomic E-state index is 11.7. The number of carbonyl (C=O) groups is 1. The first-order valence-corrected chi connectivity index (χ1v) is 5.09. The van der Waals surface area contributed by atoms with Gasteiger partial charge in [-0.2, -0.15) is 0 Å². The van der Waals surface area contributed by atoms with Crippen LogP contribution in [0.2, 0.25) is 0 Å². The highest BCUT2D eigenvalue weighted by Gasteiger charge is 2.27. The Balaban J connectivity index is 2.49. The zero-order valence-corrected chi connectivity index (χ0v) is 8.66. The van der Waals surface area contributed by atoms with Crippen LogP contribution in [0.5, 0.6) is 0 Å². The fourth-order valence-corrected chi connectivity index (χ4v) is 2.09. The van der Waals surface area contributed by atoms with Crippen LogP contribution in [0.4, 0.5) is 5.69 Å². The highest BCUT2D eigenvalue weighted by molar-refractivity contribution is 5.96. The molecule has 2 rings (SSSR count). The zero-order chi connectivity index (χ0) is 10.1. The molecule has 1 heterocycles. The van der Waals surface area contributed by atoms with Crippen LogP contribution in [0.15, 0.2) is 24.3 Å². The van der Waals surface area contributed by atoms with E-state index in [2.05, 4.69) is 13.0 Å². The van der Waals surface area contributed by atoms with E-state index in [1.807, 2.05) is 25.2 Å². The number of amides is 1. The first kappa shape index (κ1) is 9.25. The van der Waals surface area contributed by atoms with E-state index in [1.54, 1.807) is 4.90 Å². The SMILES string of the molecule is CCC1CC(=O)N(C)c2ccccc21. The maximum absolute atomic E-state index is 11.7. The van der Waals surface area contributed by atoms with Crippen LogP contribution in [0.1, 0.15) is 31.2 Å². The minimum absolute atomic E-state index is 0.232. The molecule has 2 nitrogen and oxygen atoms in total. The molecule has 0 N–H and O–H groups in total. The van der Waals surface area contributed by atoms with Crippen molar-refractivity contribution in [3.8, 4) is 0 Å². The van der Waals surface area contributed by atoms with Crippen LogP contribution in [0, 0.1) is 0 Å². The van der Waals surface area contributed by atoms with Crippen molar-refractivity contribution in [3.63, 3.8) is 0 Å². The summed E-state index contributed by atoms with van der Waals surface area (Å²) in [6, 6.07) is 8.19. The predicted octanol–water partition coefficient (Wildman–Crippen LogP) is 2.55. The monoisotopic (exact) mass is 189 g/mol. The Morgan fingerprint density at radius 1 is 1.43 bits per heavy atom. The molecule has 1 atom stereocenters. The highest BCUT2D eigenvalue weighted by atomic mass is 16.2. The van der Waals surface area contributed by atoms with Crippen molar-refractivity contribution in [2.75, 3.05) is 11.9 Å². The van der Waals surface area contributed by atoms with Crippen molar-refractivity contribution in [1.29, 1.82) is 0 Å². The second-order valence-corrected chi connectivity index (χ2v) is 3.82. The van der Waals surface area contributed by atoms with Crippen LogP contribution >= 0.6 is 0 Å². The Labute approximate surface area is 84.5 Å². The third kappa shape index (κ3) is 1.31. The number of fused-ring (bicyclic) bond motifs is 1. The first-order chi connectivity index (χ1) is 6.74. The molecule has 0 saturated carbocycles. The van der Waals surface area contributed by atoms with Gasteiger partial charge in [-0.25, -0.2) is 0 Å². The Hall–Kier alpha value is -1.31. The number of rotatable bonds is 1. The van der Waals surface area contributed by atoms with Gasteiger partial charge in [-0.1, -0.05) is 25.1 Å². The number of hydrogen-bond donors (Lipinski definition) is 0. The summed E-state index contributed by atoms with van der Waals surface area (Å²) in [6.07, 6.45) is 1.70. The van der Waals surface area contributed by atoms with Crippen LogP contribution in [-0.4, -0.2) is 13.0 Å². The lowest BCUT2D eigenvalue weighted by Gasteiger charge is -2.30. The lowest BCUT2D eigenvalue weighted by atomic mass is 9.88. The number of benzene rings is 1. The molecule has 0 aromatic heterocycles. The average Bonchev–Trinajstić information content (AvgIpc) is 2.23. The minimum atomic E-state index is 0.232. The topological polar surface area (TPSA) is 20.3 Å². The van der Waals surface area contributed by atoms with Crippen molar-refractivity contribution in [3.05, 3.63) is 29.8 Å². The van der Waals surface area contributed by atoms with E-state index < -0.39 is 0 Å². The van der Waals surface area contributed by atoms with E-state index in [9.17, 15) is 4.79 Å². The van der Waals surface area contributed by atoms with Gasteiger partial charge in [0.05, 0.1) is 0 Å². The molecule has 0 bridgehead atoms. The molecule has 1 aromatic carbocycles. The maximum Gasteiger partial charge on any atom is 0.227 e. The summed E-state index contributed by atoms with van der Waals surface area (Å²) in [7, 11) is 1.85. The highest BCUT2D eigenvalue weighted by Crippen LogP contribution is 2.36. The van der Waals surface area contributed by atoms with Crippen molar-refractivity contribution in [2.24, 2.45) is 0 Å². The quantitative estimate of drug-likeness (QED) is 0.664. The normalized spacial score (nSPS) is 20.9. The number of carbonyl (C=O) groups excluding carboxylic acids is 1. The number of hydrogen-bond acceptors (Lipinski definition) is 1. The molecule has 1 aromatic rings. The fourth-order valence-electron chi connectivity index (χ4n) is 2.09. The molecule has 1 aliphatic heterocycles. The average molecular weight is 189 g/mol. The van der Waals surface area contributed by atoms with Gasteiger partial charge in [-0.05, 0) is 24.0 Å². The second kappa shape index (κ2) is 3.45. The third-order valence-electron chi connectivity index (χ3n) is 3.03. The van der Waals surface area contributed by atoms with Gasteiger partial charge in [-0.3, -0.25) is 4.79 Å². The zero-order valence-electron chi connectivity index (χ0n) is 8.66. The van der Waals surface area contributed by atoms with Gasteiger partial charge in [0.25, 0.3) is 0 Å². The molecule has 0 radical (unpaired) electrons. The molecular formula is C12H15NO. The van der Waals surface area contributed by atoms with Crippen molar-refractivity contribution in [2.45, 2.75) is 25.7 Å². The summed E-state index contributed by atoms with van der Waals surface area (Å²) in [6.45, 7) is 2.14. The molecule has 14 heavy (non-hydrogen) atoms. The Bertz CT molecular complexity index is 359. The molecule has 0 aliphatic carbocycles. The molecule has 1 unspecified atom stereocenters. The lowest BCUT2D eigenvalue weighted by Crippen LogP contribution is -2.32. The van der Waals surface area contributed by atoms with E-state index in [1.165, 1.54) is 5.56 Å². The third-order valence-corrected chi connectivity index (χ3v) is 3.03. The van der Waals surface area contributed by atoms with Gasteiger partial charge in [0, 0.05) is 19.2 Å². The van der Waals surface area contributed by atoms with Crippen molar-refractivity contribution in [1.82, 2.24) is 0 Å². The largest absolute Gasteiger partial charge is 0.315 e. The standard InChI is InChI=1S/C12H15NO/c1-3-9-8-12(14)13(2)11-7-5-4-6-10(9)11/h4-7,9H,3,8H2,1-2H3. The first-order valence-electron chi connectivity index (χ1n) is 5.09. The van der Waals surface area contributed by atoms with Crippen LogP contribution < -0.4 is 4.90 Å². The van der Waals surface area contributed by atoms with Gasteiger partial charge in [0.2, 0.25) is 5.91 Å². The predicted molar refractivity (Wildman–Crippen MR) is 57.5 cm³/mol. The van der Waals surface area contributed by atoms with Crippen LogP contribution in [-0.2, 0) is 4.79 Å². The minimum Gasteiger partial charge on any atom is -0.315 e. The molecule has 2 heteroatoms. The summed E-state index contributed by atoms with van der Waals surface area (Å²) in [5, 5.41) is 0. The molecule has 0 saturated heterocycles. The Morgan fingerprint density at radius 2 is 2.14 bits per heavy atom. The summed E-state index contributed by atoms with van der Waals surface area (Å²) < 4.78 is 0. The van der Waals surface area contributed by atoms with Crippen molar-refractivity contribution >= 4 is 11.6 Å². The summed E-state index contributed by atoms with van der Waals surface area (Å²) >= 11 is 0. The molecule has 1 amide bonds. The molecule has 0 spiro atoms. The van der Waals surface area contributed by atoms with E-state index in [0.29, 0.717) is 12.3 Å². The number of para-hydroxylation sites is 1. The molecule has 1 aliphatic rings. The summed E-state index contributed by atoms with van der Waals surface area (Å²) in [5.41, 5.74) is 2.40. The number of anilines is 1. The van der Waals surface area contributed by atoms with Gasteiger partial charge < -0.3 is 4.90 Å². The van der Waals surface area contributed by atoms with Crippen LogP contribution in [0.3, 0.4) is 0 Å². The Kier molecular flexibility index (Phi) is 2.28. The van der Waals surface area contributed by atoms with Crippen LogP contribution in [0.25, 0.3) is 0 Å². The van der Waals surface area contributed by atoms with E-state index in [0.717, 1.165) is 12.1 Å². The van der Waals surface area contributed by atoms with Gasteiger partial charge >= 0.3 is 0 Å². The fraction of sp³-hybridized carbons (Fsp3) is 0.417. The molecule has 74 valence electrons. The van der Waals surface area contributed by atoms with E-state index in [4.69, 9.17) is 0 Å². The lowest BCUT2D eigenvalue weighted by molar-refractivity contribution is -0.119. The van der Waals surface area contributed by atoms with E-state index in [-0.39, 0.29) is 5.91 Å². The summed E-state index contributed by atoms with van der Waals surface area (Å²) in [4.78, 5) is 13.4. The van der Waals surface area contributed by atoms with Gasteiger partial charge in [-0.15, -0.1) is 0 Å². The molecular weight excluding hydrogens is 174 g/mol. The Morgan fingerprint density at radius 3 is 2.86 bits per heavy atom. The molecule has 0 fully saturated rings. The second-order valence-electron chi connectivity index (χ2n) is 3.82. The van der Waals surface area contributed by atoms with Gasteiger partial charge in [0.1, 0.15) is 0 Å². The van der Waals surface area contributed by atoms with Gasteiger partial charge in [0.15, 0.2) is 0 Å².